The van der Waals surface area contributed by atoms with Crippen LogP contribution in [0.4, 0.5) is 4.79 Å². The molecule has 7 heteroatoms. The zero-order valence-electron chi connectivity index (χ0n) is 19.6. The summed E-state index contributed by atoms with van der Waals surface area (Å²) in [6.45, 7) is 10.4. The van der Waals surface area contributed by atoms with Crippen molar-refractivity contribution >= 4 is 22.0 Å². The standard InChI is InChI=1S/C24H37BrN2O4/c1-24(2,3)31-23(28)27-12-8-18(9-13-27)17-6-10-26(11-7-17)16-20-21(29-4)14-19(25)15-22(20)30-5/h14-15,17-18H,6-13,16H2,1-5H3. The lowest BCUT2D eigenvalue weighted by Gasteiger charge is -2.40. The summed E-state index contributed by atoms with van der Waals surface area (Å²) in [5.41, 5.74) is 0.679. The molecule has 3 rings (SSSR count). The van der Waals surface area contributed by atoms with Gasteiger partial charge < -0.3 is 19.1 Å². The van der Waals surface area contributed by atoms with E-state index in [9.17, 15) is 4.79 Å². The van der Waals surface area contributed by atoms with Crippen molar-refractivity contribution in [3.05, 3.63) is 22.2 Å². The molecule has 174 valence electrons. The minimum Gasteiger partial charge on any atom is -0.496 e. The number of benzene rings is 1. The molecule has 0 unspecified atom stereocenters. The largest absolute Gasteiger partial charge is 0.496 e. The Balaban J connectivity index is 1.50. The molecule has 0 aromatic heterocycles. The van der Waals surface area contributed by atoms with Crippen molar-refractivity contribution in [2.24, 2.45) is 11.8 Å². The SMILES string of the molecule is COc1cc(Br)cc(OC)c1CN1CCC(C2CCN(C(=O)OC(C)(C)C)CC2)CC1. The lowest BCUT2D eigenvalue weighted by molar-refractivity contribution is 0.0134. The molecule has 0 aliphatic carbocycles. The molecule has 1 aromatic carbocycles. The molecule has 0 atom stereocenters. The minimum atomic E-state index is -0.430. The van der Waals surface area contributed by atoms with Crippen molar-refractivity contribution in [3.8, 4) is 11.5 Å². The normalized spacial score (nSPS) is 19.4. The van der Waals surface area contributed by atoms with Crippen molar-refractivity contribution in [1.29, 1.82) is 0 Å². The smallest absolute Gasteiger partial charge is 0.410 e. The first-order valence-electron chi connectivity index (χ1n) is 11.3. The van der Waals surface area contributed by atoms with Gasteiger partial charge in [-0.2, -0.15) is 0 Å². The Morgan fingerprint density at radius 1 is 0.968 bits per heavy atom. The highest BCUT2D eigenvalue weighted by Crippen LogP contribution is 2.37. The average Bonchev–Trinajstić information content (AvgIpc) is 2.74. The summed E-state index contributed by atoms with van der Waals surface area (Å²) in [4.78, 5) is 16.7. The van der Waals surface area contributed by atoms with Crippen LogP contribution < -0.4 is 9.47 Å². The van der Waals surface area contributed by atoms with Gasteiger partial charge in [0.2, 0.25) is 0 Å². The van der Waals surface area contributed by atoms with E-state index in [0.717, 1.165) is 73.0 Å². The monoisotopic (exact) mass is 496 g/mol. The number of hydrogen-bond acceptors (Lipinski definition) is 5. The summed E-state index contributed by atoms with van der Waals surface area (Å²) in [7, 11) is 3.42. The number of rotatable bonds is 5. The fraction of sp³-hybridized carbons (Fsp3) is 0.708. The maximum atomic E-state index is 12.3. The summed E-state index contributed by atoms with van der Waals surface area (Å²) in [5.74, 6) is 3.18. The zero-order chi connectivity index (χ0) is 22.6. The van der Waals surface area contributed by atoms with Crippen molar-refractivity contribution < 1.29 is 19.0 Å². The Hall–Kier alpha value is -1.47. The van der Waals surface area contributed by atoms with E-state index in [2.05, 4.69) is 20.8 Å². The number of ether oxygens (including phenoxy) is 3. The second-order valence-electron chi connectivity index (χ2n) is 9.71. The first-order chi connectivity index (χ1) is 14.7. The molecule has 0 N–H and O–H groups in total. The van der Waals surface area contributed by atoms with Crippen molar-refractivity contribution in [3.63, 3.8) is 0 Å². The van der Waals surface area contributed by atoms with Crippen LogP contribution in [-0.2, 0) is 11.3 Å². The zero-order valence-corrected chi connectivity index (χ0v) is 21.2. The number of piperidine rings is 2. The summed E-state index contributed by atoms with van der Waals surface area (Å²) in [6, 6.07) is 4.01. The molecular weight excluding hydrogens is 460 g/mol. The van der Waals surface area contributed by atoms with Gasteiger partial charge in [-0.15, -0.1) is 0 Å². The van der Waals surface area contributed by atoms with Crippen LogP contribution in [0.5, 0.6) is 11.5 Å². The maximum Gasteiger partial charge on any atom is 0.410 e. The second kappa shape index (κ2) is 10.4. The molecule has 0 bridgehead atoms. The van der Waals surface area contributed by atoms with Crippen molar-refractivity contribution in [1.82, 2.24) is 9.80 Å². The minimum absolute atomic E-state index is 0.168. The third-order valence-corrected chi connectivity index (χ3v) is 6.90. The van der Waals surface area contributed by atoms with Crippen LogP contribution in [0.3, 0.4) is 0 Å². The molecule has 2 heterocycles. The van der Waals surface area contributed by atoms with Gasteiger partial charge in [0.25, 0.3) is 0 Å². The van der Waals surface area contributed by atoms with Gasteiger partial charge in [0.05, 0.1) is 19.8 Å². The lowest BCUT2D eigenvalue weighted by Crippen LogP contribution is -2.44. The van der Waals surface area contributed by atoms with E-state index >= 15 is 0 Å². The molecule has 1 aromatic rings. The number of nitrogens with zero attached hydrogens (tertiary/aromatic N) is 2. The van der Waals surface area contributed by atoms with Crippen LogP contribution >= 0.6 is 15.9 Å². The molecule has 6 nitrogen and oxygen atoms in total. The number of halogens is 1. The van der Waals surface area contributed by atoms with Crippen LogP contribution in [0.1, 0.15) is 52.0 Å². The van der Waals surface area contributed by atoms with E-state index in [4.69, 9.17) is 14.2 Å². The van der Waals surface area contributed by atoms with Gasteiger partial charge in [0.15, 0.2) is 0 Å². The average molecular weight is 497 g/mol. The van der Waals surface area contributed by atoms with Gasteiger partial charge >= 0.3 is 6.09 Å². The number of carbonyl (C=O) groups is 1. The molecule has 1 amide bonds. The summed E-state index contributed by atoms with van der Waals surface area (Å²) < 4.78 is 17.7. The molecule has 0 spiro atoms. The molecule has 31 heavy (non-hydrogen) atoms. The van der Waals surface area contributed by atoms with E-state index < -0.39 is 5.60 Å². The van der Waals surface area contributed by atoms with Gasteiger partial charge in [0.1, 0.15) is 17.1 Å². The summed E-state index contributed by atoms with van der Waals surface area (Å²) >= 11 is 3.53. The van der Waals surface area contributed by atoms with Gasteiger partial charge in [-0.25, -0.2) is 4.79 Å². The molecule has 2 saturated heterocycles. The maximum absolute atomic E-state index is 12.3. The van der Waals surface area contributed by atoms with Crippen molar-refractivity contribution in [2.45, 2.75) is 58.6 Å². The Morgan fingerprint density at radius 2 is 1.45 bits per heavy atom. The predicted molar refractivity (Wildman–Crippen MR) is 126 cm³/mol. The third kappa shape index (κ3) is 6.51. The van der Waals surface area contributed by atoms with E-state index in [-0.39, 0.29) is 6.09 Å². The van der Waals surface area contributed by atoms with Gasteiger partial charge in [-0.1, -0.05) is 15.9 Å². The van der Waals surface area contributed by atoms with Crippen LogP contribution in [0.25, 0.3) is 0 Å². The van der Waals surface area contributed by atoms with Crippen LogP contribution in [0, 0.1) is 11.8 Å². The first kappa shape index (κ1) is 24.2. The Morgan fingerprint density at radius 3 is 1.90 bits per heavy atom. The lowest BCUT2D eigenvalue weighted by atomic mass is 9.79. The van der Waals surface area contributed by atoms with E-state index in [1.807, 2.05) is 37.8 Å². The number of likely N-dealkylation sites (tertiary alicyclic amines) is 2. The van der Waals surface area contributed by atoms with Crippen LogP contribution in [0.15, 0.2) is 16.6 Å². The number of amides is 1. The highest BCUT2D eigenvalue weighted by molar-refractivity contribution is 9.10. The Kier molecular flexibility index (Phi) is 8.14. The predicted octanol–water partition coefficient (Wildman–Crippen LogP) is 5.33. The highest BCUT2D eigenvalue weighted by atomic mass is 79.9. The van der Waals surface area contributed by atoms with Gasteiger partial charge in [0, 0.05) is 24.1 Å². The molecule has 2 aliphatic rings. The fourth-order valence-corrected chi connectivity index (χ4v) is 5.21. The molecule has 2 aliphatic heterocycles. The van der Waals surface area contributed by atoms with Crippen molar-refractivity contribution in [2.75, 3.05) is 40.4 Å². The van der Waals surface area contributed by atoms with Crippen LogP contribution in [-0.4, -0.2) is 61.9 Å². The molecular formula is C24H37BrN2O4. The molecule has 0 saturated carbocycles. The fourth-order valence-electron chi connectivity index (χ4n) is 4.79. The van der Waals surface area contributed by atoms with Gasteiger partial charge in [-0.3, -0.25) is 4.90 Å². The van der Waals surface area contributed by atoms with E-state index in [1.165, 1.54) is 12.8 Å². The topological polar surface area (TPSA) is 51.2 Å². The quantitative estimate of drug-likeness (QED) is 0.551. The van der Waals surface area contributed by atoms with Crippen LogP contribution in [0.2, 0.25) is 0 Å². The molecule has 0 radical (unpaired) electrons. The summed E-state index contributed by atoms with van der Waals surface area (Å²) in [5, 5.41) is 0. The summed E-state index contributed by atoms with van der Waals surface area (Å²) in [6.07, 6.45) is 4.41. The van der Waals surface area contributed by atoms with Gasteiger partial charge in [-0.05, 0) is 83.5 Å². The third-order valence-electron chi connectivity index (χ3n) is 6.44. The number of hydrogen-bond donors (Lipinski definition) is 0. The second-order valence-corrected chi connectivity index (χ2v) is 10.6. The Labute approximate surface area is 195 Å². The number of methoxy groups -OCH3 is 2. The number of carbonyl (C=O) groups excluding carboxylic acids is 1. The van der Waals surface area contributed by atoms with E-state index in [0.29, 0.717) is 5.92 Å². The Bertz CT molecular complexity index is 723. The molecule has 2 fully saturated rings. The van der Waals surface area contributed by atoms with E-state index in [1.54, 1.807) is 14.2 Å². The highest BCUT2D eigenvalue weighted by Gasteiger charge is 2.32. The first-order valence-corrected chi connectivity index (χ1v) is 12.1.